The number of benzene rings is 1. The lowest BCUT2D eigenvalue weighted by atomic mass is 9.96. The van der Waals surface area contributed by atoms with Crippen LogP contribution in [0.25, 0.3) is 0 Å². The van der Waals surface area contributed by atoms with Crippen LogP contribution in [-0.4, -0.2) is 67.4 Å². The molecule has 2 aliphatic heterocycles. The fourth-order valence-corrected chi connectivity index (χ4v) is 4.29. The Kier molecular flexibility index (Phi) is 7.76. The van der Waals surface area contributed by atoms with Crippen LogP contribution < -0.4 is 5.32 Å². The summed E-state index contributed by atoms with van der Waals surface area (Å²) in [5.41, 5.74) is 1.61. The van der Waals surface area contributed by atoms with Crippen molar-refractivity contribution in [2.45, 2.75) is 38.5 Å². The monoisotopic (exact) mass is 406 g/mol. The van der Waals surface area contributed by atoms with Crippen LogP contribution in [0.4, 0.5) is 0 Å². The van der Waals surface area contributed by atoms with Gasteiger partial charge in [0.2, 0.25) is 5.91 Å². The number of hydrogen-bond donors (Lipinski definition) is 1. The van der Waals surface area contributed by atoms with Gasteiger partial charge in [-0.25, -0.2) is 0 Å². The Morgan fingerprint density at radius 3 is 2.82 bits per heavy atom. The van der Waals surface area contributed by atoms with E-state index in [4.69, 9.17) is 9.47 Å². The standard InChI is InChI=1S/C21H30N2O4S/c1-15-5-3-6-16(13-15)19(24)22-18(8-12-28-2)20(25)23-9-4-7-17(14-23)21-26-10-11-27-21/h3,5-6,13,17-18,21H,4,7-12,14H2,1-2H3,(H,22,24). The number of nitrogens with zero attached hydrogens (tertiary/aromatic N) is 1. The first-order chi connectivity index (χ1) is 13.6. The normalized spacial score (nSPS) is 21.5. The van der Waals surface area contributed by atoms with Gasteiger partial charge in [-0.3, -0.25) is 9.59 Å². The maximum Gasteiger partial charge on any atom is 0.251 e. The highest BCUT2D eigenvalue weighted by atomic mass is 32.2. The summed E-state index contributed by atoms with van der Waals surface area (Å²) >= 11 is 1.68. The molecule has 0 spiro atoms. The van der Waals surface area contributed by atoms with Crippen molar-refractivity contribution in [2.75, 3.05) is 38.3 Å². The lowest BCUT2D eigenvalue weighted by Gasteiger charge is -2.36. The summed E-state index contributed by atoms with van der Waals surface area (Å²) in [6, 6.07) is 6.93. The van der Waals surface area contributed by atoms with Gasteiger partial charge in [-0.15, -0.1) is 0 Å². The van der Waals surface area contributed by atoms with Crippen LogP contribution in [0.5, 0.6) is 0 Å². The number of thioether (sulfide) groups is 1. The zero-order chi connectivity index (χ0) is 19.9. The molecule has 0 radical (unpaired) electrons. The molecule has 0 bridgehead atoms. The largest absolute Gasteiger partial charge is 0.350 e. The number of hydrogen-bond acceptors (Lipinski definition) is 5. The molecule has 0 aliphatic carbocycles. The van der Waals surface area contributed by atoms with Crippen molar-refractivity contribution in [3.8, 4) is 0 Å². The van der Waals surface area contributed by atoms with Crippen molar-refractivity contribution in [2.24, 2.45) is 5.92 Å². The van der Waals surface area contributed by atoms with E-state index in [0.29, 0.717) is 31.7 Å². The van der Waals surface area contributed by atoms with Crippen molar-refractivity contribution in [1.82, 2.24) is 10.2 Å². The highest BCUT2D eigenvalue weighted by Gasteiger charge is 2.35. The van der Waals surface area contributed by atoms with Crippen LogP contribution >= 0.6 is 11.8 Å². The lowest BCUT2D eigenvalue weighted by molar-refractivity contribution is -0.141. The molecule has 2 fully saturated rings. The van der Waals surface area contributed by atoms with Crippen molar-refractivity contribution < 1.29 is 19.1 Å². The van der Waals surface area contributed by atoms with Gasteiger partial charge in [0.05, 0.1) is 13.2 Å². The van der Waals surface area contributed by atoms with Crippen molar-refractivity contribution in [3.05, 3.63) is 35.4 Å². The Morgan fingerprint density at radius 1 is 1.32 bits per heavy atom. The number of carbonyl (C=O) groups is 2. The third kappa shape index (κ3) is 5.49. The maximum atomic E-state index is 13.2. The summed E-state index contributed by atoms with van der Waals surface area (Å²) in [6.07, 6.45) is 4.35. The number of rotatable bonds is 7. The van der Waals surface area contributed by atoms with E-state index in [1.807, 2.05) is 36.3 Å². The predicted molar refractivity (Wildman–Crippen MR) is 110 cm³/mol. The highest BCUT2D eigenvalue weighted by Crippen LogP contribution is 2.25. The molecule has 3 rings (SSSR count). The molecular formula is C21H30N2O4S. The third-order valence-electron chi connectivity index (χ3n) is 5.30. The first-order valence-electron chi connectivity index (χ1n) is 9.97. The number of amides is 2. The average molecular weight is 407 g/mol. The van der Waals surface area contributed by atoms with Crippen LogP contribution in [0, 0.1) is 12.8 Å². The Hall–Kier alpha value is -1.57. The fraction of sp³-hybridized carbons (Fsp3) is 0.619. The van der Waals surface area contributed by atoms with E-state index in [9.17, 15) is 9.59 Å². The summed E-state index contributed by atoms with van der Waals surface area (Å²) in [6.45, 7) is 4.54. The van der Waals surface area contributed by atoms with Crippen LogP contribution in [0.1, 0.15) is 35.2 Å². The average Bonchev–Trinajstić information content (AvgIpc) is 3.25. The molecule has 1 aromatic rings. The van der Waals surface area contributed by atoms with Gasteiger partial charge >= 0.3 is 0 Å². The Balaban J connectivity index is 1.65. The highest BCUT2D eigenvalue weighted by molar-refractivity contribution is 7.98. The SMILES string of the molecule is CSCCC(NC(=O)c1cccc(C)c1)C(=O)N1CCCC(C2OCCO2)C1. The maximum absolute atomic E-state index is 13.2. The van der Waals surface area contributed by atoms with Gasteiger partial charge in [-0.2, -0.15) is 11.8 Å². The lowest BCUT2D eigenvalue weighted by Crippen LogP contribution is -2.52. The quantitative estimate of drug-likeness (QED) is 0.753. The minimum absolute atomic E-state index is 0.00208. The second-order valence-corrected chi connectivity index (χ2v) is 8.46. The molecule has 2 amide bonds. The van der Waals surface area contributed by atoms with Gasteiger partial charge in [-0.1, -0.05) is 17.7 Å². The van der Waals surface area contributed by atoms with E-state index >= 15 is 0 Å². The van der Waals surface area contributed by atoms with Crippen LogP contribution in [-0.2, 0) is 14.3 Å². The summed E-state index contributed by atoms with van der Waals surface area (Å²) in [4.78, 5) is 27.8. The molecule has 2 atom stereocenters. The molecule has 2 saturated heterocycles. The van der Waals surface area contributed by atoms with Crippen molar-refractivity contribution in [1.29, 1.82) is 0 Å². The molecule has 0 saturated carbocycles. The number of nitrogens with one attached hydrogen (secondary N) is 1. The van der Waals surface area contributed by atoms with Gasteiger partial charge in [0.1, 0.15) is 6.04 Å². The summed E-state index contributed by atoms with van der Waals surface area (Å²) in [5.74, 6) is 0.821. The number of aryl methyl sites for hydroxylation is 1. The predicted octanol–water partition coefficient (Wildman–Crippen LogP) is 2.46. The van der Waals surface area contributed by atoms with E-state index in [1.165, 1.54) is 0 Å². The third-order valence-corrected chi connectivity index (χ3v) is 5.94. The minimum atomic E-state index is -0.510. The van der Waals surface area contributed by atoms with Gasteiger partial charge in [-0.05, 0) is 50.3 Å². The molecular weight excluding hydrogens is 376 g/mol. The Labute approximate surface area is 171 Å². The zero-order valence-electron chi connectivity index (χ0n) is 16.7. The summed E-state index contributed by atoms with van der Waals surface area (Å²) < 4.78 is 11.3. The first-order valence-corrected chi connectivity index (χ1v) is 11.4. The van der Waals surface area contributed by atoms with E-state index in [-0.39, 0.29) is 24.0 Å². The Bertz CT molecular complexity index is 678. The molecule has 2 aliphatic rings. The smallest absolute Gasteiger partial charge is 0.251 e. The van der Waals surface area contributed by atoms with Gasteiger partial charge in [0.15, 0.2) is 6.29 Å². The fourth-order valence-electron chi connectivity index (χ4n) is 3.82. The van der Waals surface area contributed by atoms with Crippen molar-refractivity contribution in [3.63, 3.8) is 0 Å². The topological polar surface area (TPSA) is 67.9 Å². The molecule has 154 valence electrons. The number of likely N-dealkylation sites (tertiary alicyclic amines) is 1. The second-order valence-electron chi connectivity index (χ2n) is 7.47. The molecule has 7 heteroatoms. The molecule has 1 N–H and O–H groups in total. The molecule has 2 unspecified atom stereocenters. The molecule has 0 aromatic heterocycles. The van der Waals surface area contributed by atoms with Crippen molar-refractivity contribution >= 4 is 23.6 Å². The van der Waals surface area contributed by atoms with E-state index < -0.39 is 6.04 Å². The number of ether oxygens (including phenoxy) is 2. The summed E-state index contributed by atoms with van der Waals surface area (Å²) in [5, 5.41) is 2.97. The van der Waals surface area contributed by atoms with Crippen LogP contribution in [0.3, 0.4) is 0 Å². The van der Waals surface area contributed by atoms with E-state index in [1.54, 1.807) is 17.8 Å². The minimum Gasteiger partial charge on any atom is -0.350 e. The molecule has 6 nitrogen and oxygen atoms in total. The van der Waals surface area contributed by atoms with Gasteiger partial charge in [0, 0.05) is 24.6 Å². The Morgan fingerprint density at radius 2 is 2.11 bits per heavy atom. The second kappa shape index (κ2) is 10.3. The zero-order valence-corrected chi connectivity index (χ0v) is 17.5. The first kappa shape index (κ1) is 21.1. The molecule has 2 heterocycles. The van der Waals surface area contributed by atoms with E-state index in [2.05, 4.69) is 5.32 Å². The molecule has 28 heavy (non-hydrogen) atoms. The van der Waals surface area contributed by atoms with E-state index in [0.717, 1.165) is 30.7 Å². The van der Waals surface area contributed by atoms with Gasteiger partial charge in [0.25, 0.3) is 5.91 Å². The van der Waals surface area contributed by atoms with Crippen LogP contribution in [0.2, 0.25) is 0 Å². The summed E-state index contributed by atoms with van der Waals surface area (Å²) in [7, 11) is 0. The van der Waals surface area contributed by atoms with Gasteiger partial charge < -0.3 is 19.7 Å². The molecule has 1 aromatic carbocycles. The number of carbonyl (C=O) groups excluding carboxylic acids is 2. The van der Waals surface area contributed by atoms with Crippen LogP contribution in [0.15, 0.2) is 24.3 Å². The number of piperidine rings is 1.